The van der Waals surface area contributed by atoms with Gasteiger partial charge in [-0.3, -0.25) is 4.79 Å². The van der Waals surface area contributed by atoms with E-state index in [-0.39, 0.29) is 0 Å². The van der Waals surface area contributed by atoms with E-state index >= 15 is 0 Å². The second-order valence-corrected chi connectivity index (χ2v) is 5.28. The van der Waals surface area contributed by atoms with Gasteiger partial charge in [0.25, 0.3) is 0 Å². The fourth-order valence-corrected chi connectivity index (χ4v) is 2.19. The fourth-order valence-electron chi connectivity index (χ4n) is 2.19. The highest BCUT2D eigenvalue weighted by Gasteiger charge is 2.40. The highest BCUT2D eigenvalue weighted by Crippen LogP contribution is 2.48. The largest absolute Gasteiger partial charge is 0.343 e. The number of carbonyl (C=O) groups excluding carboxylic acids is 1. The minimum Gasteiger partial charge on any atom is -0.343 e. The molecule has 80 valence electrons. The SMILES string of the molecule is CC1(CC(=O)N2CCCCCC2)CC1. The molecule has 1 aliphatic heterocycles. The second kappa shape index (κ2) is 3.92. The van der Waals surface area contributed by atoms with Crippen LogP contribution in [0.3, 0.4) is 0 Å². The summed E-state index contributed by atoms with van der Waals surface area (Å²) < 4.78 is 0. The molecule has 2 aliphatic rings. The van der Waals surface area contributed by atoms with Crippen LogP contribution in [0, 0.1) is 5.41 Å². The van der Waals surface area contributed by atoms with Gasteiger partial charge in [0.1, 0.15) is 0 Å². The molecule has 1 aliphatic carbocycles. The van der Waals surface area contributed by atoms with E-state index in [1.54, 1.807) is 0 Å². The Balaban J connectivity index is 1.83. The lowest BCUT2D eigenvalue weighted by molar-refractivity contribution is -0.132. The standard InChI is InChI=1S/C12H21NO/c1-12(6-7-12)10-11(14)13-8-4-2-3-5-9-13/h2-10H2,1H3. The first kappa shape index (κ1) is 10.0. The zero-order valence-corrected chi connectivity index (χ0v) is 9.22. The summed E-state index contributed by atoms with van der Waals surface area (Å²) in [6.07, 6.45) is 8.35. The molecule has 1 amide bonds. The Hall–Kier alpha value is -0.530. The van der Waals surface area contributed by atoms with E-state index in [4.69, 9.17) is 0 Å². The van der Waals surface area contributed by atoms with Crippen LogP contribution in [0.5, 0.6) is 0 Å². The molecule has 0 aromatic heterocycles. The van der Waals surface area contributed by atoms with Gasteiger partial charge in [0.05, 0.1) is 0 Å². The van der Waals surface area contributed by atoms with Gasteiger partial charge in [-0.1, -0.05) is 19.8 Å². The number of likely N-dealkylation sites (tertiary alicyclic amines) is 1. The van der Waals surface area contributed by atoms with Gasteiger partial charge in [-0.2, -0.15) is 0 Å². The first-order valence-electron chi connectivity index (χ1n) is 5.97. The van der Waals surface area contributed by atoms with Crippen LogP contribution in [0.4, 0.5) is 0 Å². The smallest absolute Gasteiger partial charge is 0.223 e. The molecule has 14 heavy (non-hydrogen) atoms. The van der Waals surface area contributed by atoms with Gasteiger partial charge in [0.15, 0.2) is 0 Å². The van der Waals surface area contributed by atoms with Gasteiger partial charge in [0, 0.05) is 19.5 Å². The van der Waals surface area contributed by atoms with Crippen LogP contribution in [0.15, 0.2) is 0 Å². The highest BCUT2D eigenvalue weighted by atomic mass is 16.2. The monoisotopic (exact) mass is 195 g/mol. The average molecular weight is 195 g/mol. The van der Waals surface area contributed by atoms with E-state index in [9.17, 15) is 4.79 Å². The fraction of sp³-hybridized carbons (Fsp3) is 0.917. The van der Waals surface area contributed by atoms with Gasteiger partial charge in [-0.15, -0.1) is 0 Å². The average Bonchev–Trinajstić information content (AvgIpc) is 2.89. The van der Waals surface area contributed by atoms with Crippen molar-refractivity contribution in [2.45, 2.75) is 51.9 Å². The third-order valence-electron chi connectivity index (χ3n) is 3.64. The van der Waals surface area contributed by atoms with E-state index in [0.717, 1.165) is 19.5 Å². The normalized spacial score (nSPS) is 25.6. The molecular weight excluding hydrogens is 174 g/mol. The topological polar surface area (TPSA) is 20.3 Å². The molecule has 2 rings (SSSR count). The number of nitrogens with zero attached hydrogens (tertiary/aromatic N) is 1. The molecule has 0 atom stereocenters. The van der Waals surface area contributed by atoms with E-state index in [1.165, 1.54) is 38.5 Å². The minimum absolute atomic E-state index is 0.378. The molecule has 0 bridgehead atoms. The number of hydrogen-bond acceptors (Lipinski definition) is 1. The molecule has 2 nitrogen and oxygen atoms in total. The lowest BCUT2D eigenvalue weighted by atomic mass is 10.0. The molecule has 0 aromatic carbocycles. The Labute approximate surface area is 86.7 Å². The Bertz CT molecular complexity index is 212. The van der Waals surface area contributed by atoms with Crippen molar-refractivity contribution < 1.29 is 4.79 Å². The lowest BCUT2D eigenvalue weighted by Crippen LogP contribution is -2.33. The Morgan fingerprint density at radius 3 is 2.21 bits per heavy atom. The Kier molecular flexibility index (Phi) is 2.80. The molecule has 0 radical (unpaired) electrons. The second-order valence-electron chi connectivity index (χ2n) is 5.28. The van der Waals surface area contributed by atoms with Crippen LogP contribution >= 0.6 is 0 Å². The Morgan fingerprint density at radius 2 is 1.71 bits per heavy atom. The minimum atomic E-state index is 0.378. The first-order chi connectivity index (χ1) is 6.70. The molecule has 0 spiro atoms. The predicted octanol–water partition coefficient (Wildman–Crippen LogP) is 2.58. The predicted molar refractivity (Wildman–Crippen MR) is 57.0 cm³/mol. The number of rotatable bonds is 2. The molecule has 2 heteroatoms. The molecule has 2 fully saturated rings. The van der Waals surface area contributed by atoms with Crippen molar-refractivity contribution in [3.8, 4) is 0 Å². The summed E-state index contributed by atoms with van der Waals surface area (Å²) in [5.74, 6) is 0.409. The molecular formula is C12H21NO. The maximum absolute atomic E-state index is 11.9. The lowest BCUT2D eigenvalue weighted by Gasteiger charge is -2.22. The Morgan fingerprint density at radius 1 is 1.14 bits per heavy atom. The van der Waals surface area contributed by atoms with Crippen molar-refractivity contribution in [1.29, 1.82) is 0 Å². The molecule has 1 saturated carbocycles. The number of hydrogen-bond donors (Lipinski definition) is 0. The van der Waals surface area contributed by atoms with E-state index in [1.807, 2.05) is 0 Å². The molecule has 0 N–H and O–H groups in total. The van der Waals surface area contributed by atoms with Crippen molar-refractivity contribution in [1.82, 2.24) is 4.90 Å². The first-order valence-corrected chi connectivity index (χ1v) is 5.97. The van der Waals surface area contributed by atoms with E-state index in [2.05, 4.69) is 11.8 Å². The van der Waals surface area contributed by atoms with Gasteiger partial charge in [0.2, 0.25) is 5.91 Å². The number of amides is 1. The van der Waals surface area contributed by atoms with Crippen LogP contribution in [0.2, 0.25) is 0 Å². The molecule has 1 saturated heterocycles. The van der Waals surface area contributed by atoms with Crippen molar-refractivity contribution in [2.75, 3.05) is 13.1 Å². The zero-order chi connectivity index (χ0) is 10.0. The van der Waals surface area contributed by atoms with Crippen molar-refractivity contribution in [3.05, 3.63) is 0 Å². The summed E-state index contributed by atoms with van der Waals surface area (Å²) in [5, 5.41) is 0. The summed E-state index contributed by atoms with van der Waals surface area (Å²) in [4.78, 5) is 14.0. The number of carbonyl (C=O) groups is 1. The quantitative estimate of drug-likeness (QED) is 0.663. The zero-order valence-electron chi connectivity index (χ0n) is 9.22. The van der Waals surface area contributed by atoms with Crippen LogP contribution < -0.4 is 0 Å². The van der Waals surface area contributed by atoms with Crippen LogP contribution in [-0.2, 0) is 4.79 Å². The summed E-state index contributed by atoms with van der Waals surface area (Å²) in [7, 11) is 0. The highest BCUT2D eigenvalue weighted by molar-refractivity contribution is 5.77. The van der Waals surface area contributed by atoms with Crippen LogP contribution in [-0.4, -0.2) is 23.9 Å². The van der Waals surface area contributed by atoms with Crippen molar-refractivity contribution in [2.24, 2.45) is 5.41 Å². The van der Waals surface area contributed by atoms with Gasteiger partial charge in [-0.25, -0.2) is 0 Å². The van der Waals surface area contributed by atoms with Crippen molar-refractivity contribution >= 4 is 5.91 Å². The summed E-state index contributed by atoms with van der Waals surface area (Å²) >= 11 is 0. The third-order valence-corrected chi connectivity index (χ3v) is 3.64. The van der Waals surface area contributed by atoms with Gasteiger partial charge >= 0.3 is 0 Å². The maximum Gasteiger partial charge on any atom is 0.223 e. The van der Waals surface area contributed by atoms with Gasteiger partial charge in [-0.05, 0) is 31.1 Å². The van der Waals surface area contributed by atoms with Crippen LogP contribution in [0.1, 0.15) is 51.9 Å². The molecule has 0 unspecified atom stereocenters. The maximum atomic E-state index is 11.9. The van der Waals surface area contributed by atoms with Crippen LogP contribution in [0.25, 0.3) is 0 Å². The summed E-state index contributed by atoms with van der Waals surface area (Å²) in [6.45, 7) is 4.26. The van der Waals surface area contributed by atoms with E-state index < -0.39 is 0 Å². The molecule has 1 heterocycles. The summed E-state index contributed by atoms with van der Waals surface area (Å²) in [6, 6.07) is 0. The van der Waals surface area contributed by atoms with E-state index in [0.29, 0.717) is 11.3 Å². The summed E-state index contributed by atoms with van der Waals surface area (Å²) in [5.41, 5.74) is 0.378. The molecule has 0 aromatic rings. The third kappa shape index (κ3) is 2.49. The van der Waals surface area contributed by atoms with Gasteiger partial charge < -0.3 is 4.90 Å². The van der Waals surface area contributed by atoms with Crippen molar-refractivity contribution in [3.63, 3.8) is 0 Å².